The Hall–Kier alpha value is -3.19. The highest BCUT2D eigenvalue weighted by Gasteiger charge is 2.28. The van der Waals surface area contributed by atoms with Crippen LogP contribution in [0.15, 0.2) is 48.3 Å². The fourth-order valence-electron chi connectivity index (χ4n) is 4.30. The maximum Gasteiger partial charge on any atom is 0.246 e. The van der Waals surface area contributed by atoms with Crippen molar-refractivity contribution < 1.29 is 9.53 Å². The van der Waals surface area contributed by atoms with E-state index in [1.54, 1.807) is 29.5 Å². The average molecular weight is 505 g/mol. The third kappa shape index (κ3) is 5.31. The third-order valence-corrected chi connectivity index (χ3v) is 7.34. The zero-order valence-electron chi connectivity index (χ0n) is 22.5. The lowest BCUT2D eigenvalue weighted by molar-refractivity contribution is -0.128. The molecule has 3 aromatic rings. The molecule has 1 aliphatic rings. The van der Waals surface area contributed by atoms with Gasteiger partial charge in [0.25, 0.3) is 0 Å². The Morgan fingerprint density at radius 2 is 1.78 bits per heavy atom. The molecule has 0 radical (unpaired) electrons. The van der Waals surface area contributed by atoms with Crippen molar-refractivity contribution in [2.24, 2.45) is 0 Å². The van der Waals surface area contributed by atoms with Crippen LogP contribution >= 0.6 is 11.3 Å². The molecule has 2 aromatic heterocycles. The van der Waals surface area contributed by atoms with Gasteiger partial charge in [-0.05, 0) is 36.0 Å². The zero-order chi connectivity index (χ0) is 26.3. The van der Waals surface area contributed by atoms with Gasteiger partial charge in [-0.3, -0.25) is 4.79 Å². The second-order valence-corrected chi connectivity index (χ2v) is 12.1. The van der Waals surface area contributed by atoms with Gasteiger partial charge in [-0.1, -0.05) is 47.6 Å². The van der Waals surface area contributed by atoms with Gasteiger partial charge in [0.15, 0.2) is 0 Å². The third-order valence-electron chi connectivity index (χ3n) is 6.45. The van der Waals surface area contributed by atoms with Gasteiger partial charge in [-0.2, -0.15) is 0 Å². The number of ether oxygens (including phenoxy) is 1. The number of carbonyl (C=O) groups excluding carboxylic acids is 1. The summed E-state index contributed by atoms with van der Waals surface area (Å²) in [5.41, 5.74) is 5.29. The average Bonchev–Trinajstić information content (AvgIpc) is 3.46. The summed E-state index contributed by atoms with van der Waals surface area (Å²) in [4.78, 5) is 23.6. The standard InChI is InChI=1S/C29H36N4O2S/c1-19-30-11-14-33(19)17-25(34)32-12-9-20(10-13-32)24-18-36-27(31-24)21-15-22(28(2,3)4)26(35-8)23(16-21)29(5,6)7/h9-12,14-16,18H,13,17H2,1-8H3. The number of thiazole rings is 1. The van der Waals surface area contributed by atoms with Crippen molar-refractivity contribution in [3.8, 4) is 16.3 Å². The van der Waals surface area contributed by atoms with Crippen LogP contribution < -0.4 is 4.74 Å². The topological polar surface area (TPSA) is 60.2 Å². The molecule has 0 bridgehead atoms. The second-order valence-electron chi connectivity index (χ2n) is 11.3. The molecule has 0 fully saturated rings. The molecule has 1 aliphatic heterocycles. The number of allylic oxidation sites excluding steroid dienone is 2. The summed E-state index contributed by atoms with van der Waals surface area (Å²) >= 11 is 1.64. The van der Waals surface area contributed by atoms with Gasteiger partial charge < -0.3 is 14.2 Å². The van der Waals surface area contributed by atoms with E-state index in [1.165, 1.54) is 11.1 Å². The molecule has 0 unspecified atom stereocenters. The summed E-state index contributed by atoms with van der Waals surface area (Å²) in [7, 11) is 1.76. The zero-order valence-corrected chi connectivity index (χ0v) is 23.4. The van der Waals surface area contributed by atoms with Crippen LogP contribution in [0.5, 0.6) is 5.75 Å². The highest BCUT2D eigenvalue weighted by molar-refractivity contribution is 7.13. The molecule has 1 amide bonds. The summed E-state index contributed by atoms with van der Waals surface area (Å²) in [5.74, 6) is 1.83. The highest BCUT2D eigenvalue weighted by atomic mass is 32.1. The molecule has 6 nitrogen and oxygen atoms in total. The molecule has 190 valence electrons. The van der Waals surface area contributed by atoms with Crippen LogP contribution in [0.4, 0.5) is 0 Å². The summed E-state index contributed by atoms with van der Waals surface area (Å²) in [5, 5.41) is 3.07. The lowest BCUT2D eigenvalue weighted by Gasteiger charge is -2.29. The number of aryl methyl sites for hydroxylation is 1. The first-order chi connectivity index (χ1) is 16.9. The predicted molar refractivity (Wildman–Crippen MR) is 147 cm³/mol. The van der Waals surface area contributed by atoms with Gasteiger partial charge in [0.1, 0.15) is 23.1 Å². The smallest absolute Gasteiger partial charge is 0.246 e. The number of hydrogen-bond donors (Lipinski definition) is 0. The second kappa shape index (κ2) is 9.69. The van der Waals surface area contributed by atoms with Crippen molar-refractivity contribution in [1.82, 2.24) is 19.4 Å². The molecule has 0 saturated carbocycles. The Morgan fingerprint density at radius 1 is 1.11 bits per heavy atom. The number of carbonyl (C=O) groups is 1. The Bertz CT molecular complexity index is 1300. The summed E-state index contributed by atoms with van der Waals surface area (Å²) in [6, 6.07) is 4.44. The van der Waals surface area contributed by atoms with E-state index in [2.05, 4.69) is 70.1 Å². The molecule has 7 heteroatoms. The first-order valence-electron chi connectivity index (χ1n) is 12.2. The number of amides is 1. The Morgan fingerprint density at radius 3 is 2.28 bits per heavy atom. The monoisotopic (exact) mass is 504 g/mol. The predicted octanol–water partition coefficient (Wildman–Crippen LogP) is 6.36. The molecular formula is C29H36N4O2S. The molecule has 36 heavy (non-hydrogen) atoms. The first kappa shape index (κ1) is 25.9. The van der Waals surface area contributed by atoms with E-state index >= 15 is 0 Å². The van der Waals surface area contributed by atoms with Gasteiger partial charge in [-0.25, -0.2) is 9.97 Å². The van der Waals surface area contributed by atoms with E-state index in [4.69, 9.17) is 9.72 Å². The number of aromatic nitrogens is 3. The molecule has 0 saturated heterocycles. The van der Waals surface area contributed by atoms with Crippen LogP contribution in [-0.4, -0.2) is 39.0 Å². The molecule has 0 N–H and O–H groups in total. The Balaban J connectivity index is 1.59. The van der Waals surface area contributed by atoms with E-state index in [1.807, 2.05) is 30.0 Å². The van der Waals surface area contributed by atoms with E-state index < -0.39 is 0 Å². The fraction of sp³-hybridized carbons (Fsp3) is 0.414. The van der Waals surface area contributed by atoms with Crippen LogP contribution in [0, 0.1) is 6.92 Å². The Kier molecular flexibility index (Phi) is 6.97. The maximum atomic E-state index is 12.7. The van der Waals surface area contributed by atoms with Crippen LogP contribution in [0.25, 0.3) is 16.1 Å². The number of imidazole rings is 1. The van der Waals surface area contributed by atoms with Crippen LogP contribution in [-0.2, 0) is 22.2 Å². The summed E-state index contributed by atoms with van der Waals surface area (Å²) < 4.78 is 7.77. The minimum atomic E-state index is -0.0681. The molecular weight excluding hydrogens is 468 g/mol. The van der Waals surface area contributed by atoms with Crippen molar-refractivity contribution in [3.63, 3.8) is 0 Å². The van der Waals surface area contributed by atoms with Gasteiger partial charge in [0.2, 0.25) is 5.91 Å². The quantitative estimate of drug-likeness (QED) is 0.406. The summed E-state index contributed by atoms with van der Waals surface area (Å²) in [6.07, 6.45) is 9.42. The largest absolute Gasteiger partial charge is 0.496 e. The SMILES string of the molecule is COc1c(C(C)(C)C)cc(-c2nc(C3=CCN(C(=O)Cn4ccnc4C)C=C3)cs2)cc1C(C)(C)C. The van der Waals surface area contributed by atoms with Crippen molar-refractivity contribution in [2.75, 3.05) is 13.7 Å². The van der Waals surface area contributed by atoms with Crippen LogP contribution in [0.2, 0.25) is 0 Å². The van der Waals surface area contributed by atoms with Crippen molar-refractivity contribution in [2.45, 2.75) is 65.8 Å². The number of hydrogen-bond acceptors (Lipinski definition) is 5. The molecule has 1 aromatic carbocycles. The first-order valence-corrected chi connectivity index (χ1v) is 13.1. The molecule has 0 spiro atoms. The molecule has 0 atom stereocenters. The highest BCUT2D eigenvalue weighted by Crippen LogP contribution is 2.43. The minimum Gasteiger partial charge on any atom is -0.496 e. The Labute approximate surface area is 218 Å². The number of benzene rings is 1. The number of methoxy groups -OCH3 is 1. The number of rotatable bonds is 5. The van der Waals surface area contributed by atoms with E-state index in [0.29, 0.717) is 6.54 Å². The molecule has 4 rings (SSSR count). The maximum absolute atomic E-state index is 12.7. The molecule has 0 aliphatic carbocycles. The van der Waals surface area contributed by atoms with Crippen molar-refractivity contribution in [1.29, 1.82) is 0 Å². The lowest BCUT2D eigenvalue weighted by atomic mass is 9.78. The van der Waals surface area contributed by atoms with E-state index in [9.17, 15) is 4.79 Å². The van der Waals surface area contributed by atoms with Crippen LogP contribution in [0.3, 0.4) is 0 Å². The van der Waals surface area contributed by atoms with E-state index in [-0.39, 0.29) is 23.3 Å². The van der Waals surface area contributed by atoms with Crippen molar-refractivity contribution in [3.05, 3.63) is 70.9 Å². The summed E-state index contributed by atoms with van der Waals surface area (Å²) in [6.45, 7) is 16.0. The van der Waals surface area contributed by atoms with Gasteiger partial charge in [0.05, 0.1) is 12.8 Å². The minimum absolute atomic E-state index is 0.0317. The molecule has 3 heterocycles. The van der Waals surface area contributed by atoms with Gasteiger partial charge in [-0.15, -0.1) is 11.3 Å². The lowest BCUT2D eigenvalue weighted by Crippen LogP contribution is -2.31. The van der Waals surface area contributed by atoms with E-state index in [0.717, 1.165) is 33.4 Å². The van der Waals surface area contributed by atoms with Gasteiger partial charge in [0, 0.05) is 52.8 Å². The number of nitrogens with zero attached hydrogens (tertiary/aromatic N) is 4. The van der Waals surface area contributed by atoms with Crippen molar-refractivity contribution >= 4 is 22.8 Å². The van der Waals surface area contributed by atoms with Gasteiger partial charge >= 0.3 is 0 Å². The normalized spacial score (nSPS) is 14.2. The van der Waals surface area contributed by atoms with Crippen LogP contribution in [0.1, 0.15) is 64.2 Å². The fourth-order valence-corrected chi connectivity index (χ4v) is 5.12.